The van der Waals surface area contributed by atoms with Crippen LogP contribution in [0.4, 0.5) is 5.82 Å². The first kappa shape index (κ1) is 15.0. The standard InChI is InChI=1S/C16H20N4O/c1-4-18-16(21)13-9-19-15(20-14(13)17)12-7-5-11(6-8-12)10(2)3/h5-10H,4H2,1-3H3,(H,18,21)(H2,17,19,20). The molecule has 0 unspecified atom stereocenters. The van der Waals surface area contributed by atoms with E-state index in [0.717, 1.165) is 5.56 Å². The van der Waals surface area contributed by atoms with E-state index < -0.39 is 0 Å². The molecule has 110 valence electrons. The van der Waals surface area contributed by atoms with Gasteiger partial charge in [-0.15, -0.1) is 0 Å². The van der Waals surface area contributed by atoms with E-state index in [4.69, 9.17) is 5.73 Å². The van der Waals surface area contributed by atoms with E-state index in [1.165, 1.54) is 11.8 Å². The number of rotatable bonds is 4. The summed E-state index contributed by atoms with van der Waals surface area (Å²) in [5, 5.41) is 2.68. The SMILES string of the molecule is CCNC(=O)c1cnc(-c2ccc(C(C)C)cc2)nc1N. The van der Waals surface area contributed by atoms with E-state index in [1.54, 1.807) is 0 Å². The number of hydrogen-bond acceptors (Lipinski definition) is 4. The molecule has 1 aromatic heterocycles. The lowest BCUT2D eigenvalue weighted by Gasteiger charge is -2.08. The van der Waals surface area contributed by atoms with Gasteiger partial charge >= 0.3 is 0 Å². The van der Waals surface area contributed by atoms with Crippen molar-refractivity contribution in [3.8, 4) is 11.4 Å². The number of nitrogens with one attached hydrogen (secondary N) is 1. The van der Waals surface area contributed by atoms with Crippen LogP contribution >= 0.6 is 0 Å². The second-order valence-corrected chi connectivity index (χ2v) is 5.13. The molecule has 1 amide bonds. The van der Waals surface area contributed by atoms with Crippen LogP contribution in [-0.2, 0) is 0 Å². The lowest BCUT2D eigenvalue weighted by Crippen LogP contribution is -2.24. The van der Waals surface area contributed by atoms with Gasteiger partial charge in [-0.25, -0.2) is 9.97 Å². The molecule has 3 N–H and O–H groups in total. The quantitative estimate of drug-likeness (QED) is 0.904. The Balaban J connectivity index is 2.29. The number of carbonyl (C=O) groups excluding carboxylic acids is 1. The largest absolute Gasteiger partial charge is 0.383 e. The van der Waals surface area contributed by atoms with Crippen molar-refractivity contribution in [2.75, 3.05) is 12.3 Å². The Labute approximate surface area is 124 Å². The third kappa shape index (κ3) is 3.37. The molecule has 0 spiro atoms. The molecule has 0 aliphatic rings. The summed E-state index contributed by atoms with van der Waals surface area (Å²) in [5.41, 5.74) is 8.30. The minimum Gasteiger partial charge on any atom is -0.383 e. The third-order valence-electron chi connectivity index (χ3n) is 3.24. The van der Waals surface area contributed by atoms with Gasteiger partial charge in [-0.3, -0.25) is 4.79 Å². The molecule has 2 aromatic rings. The lowest BCUT2D eigenvalue weighted by molar-refractivity contribution is 0.0956. The Morgan fingerprint density at radius 2 is 1.95 bits per heavy atom. The first-order valence-electron chi connectivity index (χ1n) is 7.04. The van der Waals surface area contributed by atoms with Crippen LogP contribution in [0, 0.1) is 0 Å². The first-order valence-corrected chi connectivity index (χ1v) is 7.04. The number of nitrogens with zero attached hydrogens (tertiary/aromatic N) is 2. The number of benzene rings is 1. The van der Waals surface area contributed by atoms with Crippen molar-refractivity contribution in [2.45, 2.75) is 26.7 Å². The fraction of sp³-hybridized carbons (Fsp3) is 0.312. The number of nitrogens with two attached hydrogens (primary N) is 1. The zero-order valence-electron chi connectivity index (χ0n) is 12.6. The molecule has 0 atom stereocenters. The van der Waals surface area contributed by atoms with E-state index in [2.05, 4.69) is 41.3 Å². The van der Waals surface area contributed by atoms with Gasteiger partial charge in [0.25, 0.3) is 5.91 Å². The van der Waals surface area contributed by atoms with Crippen LogP contribution in [0.15, 0.2) is 30.5 Å². The number of aromatic nitrogens is 2. The molecule has 0 radical (unpaired) electrons. The van der Waals surface area contributed by atoms with Gasteiger partial charge in [0.2, 0.25) is 0 Å². The fourth-order valence-electron chi connectivity index (χ4n) is 1.98. The van der Waals surface area contributed by atoms with Crippen LogP contribution in [0.2, 0.25) is 0 Å². The molecular weight excluding hydrogens is 264 g/mol. The highest BCUT2D eigenvalue weighted by Crippen LogP contribution is 2.21. The van der Waals surface area contributed by atoms with Crippen molar-refractivity contribution < 1.29 is 4.79 Å². The van der Waals surface area contributed by atoms with Crippen LogP contribution in [0.3, 0.4) is 0 Å². The van der Waals surface area contributed by atoms with Crippen LogP contribution in [0.5, 0.6) is 0 Å². The predicted molar refractivity (Wildman–Crippen MR) is 84.0 cm³/mol. The van der Waals surface area contributed by atoms with Crippen molar-refractivity contribution >= 4 is 11.7 Å². The maximum Gasteiger partial charge on any atom is 0.256 e. The summed E-state index contributed by atoms with van der Waals surface area (Å²) in [6, 6.07) is 8.04. The Morgan fingerprint density at radius 1 is 1.29 bits per heavy atom. The highest BCUT2D eigenvalue weighted by atomic mass is 16.1. The Morgan fingerprint density at radius 3 is 2.48 bits per heavy atom. The highest BCUT2D eigenvalue weighted by molar-refractivity contribution is 5.98. The molecule has 0 saturated carbocycles. The third-order valence-corrected chi connectivity index (χ3v) is 3.24. The monoisotopic (exact) mass is 284 g/mol. The van der Waals surface area contributed by atoms with Gasteiger partial charge in [-0.1, -0.05) is 38.1 Å². The Bertz CT molecular complexity index is 635. The van der Waals surface area contributed by atoms with Crippen molar-refractivity contribution in [2.24, 2.45) is 0 Å². The minimum absolute atomic E-state index is 0.193. The summed E-state index contributed by atoms with van der Waals surface area (Å²) in [7, 11) is 0. The van der Waals surface area contributed by atoms with Crippen LogP contribution in [0.1, 0.15) is 42.6 Å². The molecular formula is C16H20N4O. The van der Waals surface area contributed by atoms with Crippen LogP contribution in [0.25, 0.3) is 11.4 Å². The predicted octanol–water partition coefficient (Wildman–Crippen LogP) is 2.60. The van der Waals surface area contributed by atoms with Gasteiger partial charge in [-0.05, 0) is 18.4 Å². The first-order chi connectivity index (χ1) is 10.0. The second-order valence-electron chi connectivity index (χ2n) is 5.13. The summed E-state index contributed by atoms with van der Waals surface area (Å²) in [4.78, 5) is 20.2. The number of amides is 1. The van der Waals surface area contributed by atoms with Gasteiger partial charge in [0.15, 0.2) is 5.82 Å². The van der Waals surface area contributed by atoms with Crippen molar-refractivity contribution in [1.29, 1.82) is 0 Å². The van der Waals surface area contributed by atoms with Gasteiger partial charge in [0.05, 0.1) is 5.56 Å². The molecule has 0 aliphatic heterocycles. The van der Waals surface area contributed by atoms with Crippen LogP contribution in [-0.4, -0.2) is 22.4 Å². The topological polar surface area (TPSA) is 80.9 Å². The molecule has 2 rings (SSSR count). The average molecular weight is 284 g/mol. The summed E-state index contributed by atoms with van der Waals surface area (Å²) in [5.74, 6) is 0.941. The minimum atomic E-state index is -0.253. The summed E-state index contributed by atoms with van der Waals surface area (Å²) in [6.45, 7) is 6.67. The second kappa shape index (κ2) is 6.35. The summed E-state index contributed by atoms with van der Waals surface area (Å²) in [6.07, 6.45) is 1.47. The van der Waals surface area contributed by atoms with E-state index >= 15 is 0 Å². The van der Waals surface area contributed by atoms with Gasteiger partial charge in [0.1, 0.15) is 5.82 Å². The molecule has 1 aromatic carbocycles. The molecule has 21 heavy (non-hydrogen) atoms. The van der Waals surface area contributed by atoms with Gasteiger partial charge < -0.3 is 11.1 Å². The van der Waals surface area contributed by atoms with E-state index in [1.807, 2.05) is 19.1 Å². The van der Waals surface area contributed by atoms with E-state index in [0.29, 0.717) is 23.9 Å². The maximum absolute atomic E-state index is 11.8. The van der Waals surface area contributed by atoms with Crippen molar-refractivity contribution in [3.63, 3.8) is 0 Å². The highest BCUT2D eigenvalue weighted by Gasteiger charge is 2.12. The summed E-state index contributed by atoms with van der Waals surface area (Å²) >= 11 is 0. The van der Waals surface area contributed by atoms with Crippen molar-refractivity contribution in [1.82, 2.24) is 15.3 Å². The molecule has 1 heterocycles. The lowest BCUT2D eigenvalue weighted by atomic mass is 10.0. The fourth-order valence-corrected chi connectivity index (χ4v) is 1.98. The van der Waals surface area contributed by atoms with E-state index in [-0.39, 0.29) is 11.7 Å². The van der Waals surface area contributed by atoms with Crippen molar-refractivity contribution in [3.05, 3.63) is 41.6 Å². The van der Waals surface area contributed by atoms with Gasteiger partial charge in [0, 0.05) is 18.3 Å². The molecule has 5 nitrogen and oxygen atoms in total. The summed E-state index contributed by atoms with van der Waals surface area (Å²) < 4.78 is 0. The smallest absolute Gasteiger partial charge is 0.256 e. The van der Waals surface area contributed by atoms with Gasteiger partial charge in [-0.2, -0.15) is 0 Å². The molecule has 0 bridgehead atoms. The number of nitrogen functional groups attached to an aromatic ring is 1. The normalized spacial score (nSPS) is 10.7. The average Bonchev–Trinajstić information content (AvgIpc) is 2.47. The Kier molecular flexibility index (Phi) is 4.52. The molecule has 0 saturated heterocycles. The zero-order valence-corrected chi connectivity index (χ0v) is 12.6. The molecule has 5 heteroatoms. The number of hydrogen-bond donors (Lipinski definition) is 2. The van der Waals surface area contributed by atoms with Crippen LogP contribution < -0.4 is 11.1 Å². The number of anilines is 1. The van der Waals surface area contributed by atoms with E-state index in [9.17, 15) is 4.79 Å². The maximum atomic E-state index is 11.8. The zero-order chi connectivity index (χ0) is 15.4. The Hall–Kier alpha value is -2.43. The number of carbonyl (C=O) groups is 1. The molecule has 0 aliphatic carbocycles. The molecule has 0 fully saturated rings.